The lowest BCUT2D eigenvalue weighted by Crippen LogP contribution is -2.22. The smallest absolute Gasteiger partial charge is 0.290 e. The van der Waals surface area contributed by atoms with Crippen molar-refractivity contribution in [1.82, 2.24) is 20.6 Å². The van der Waals surface area contributed by atoms with Crippen LogP contribution >= 0.6 is 11.3 Å². The Morgan fingerprint density at radius 2 is 2.30 bits per heavy atom. The van der Waals surface area contributed by atoms with Gasteiger partial charge in [-0.15, -0.1) is 11.3 Å². The van der Waals surface area contributed by atoms with Crippen molar-refractivity contribution in [3.05, 3.63) is 40.9 Å². The highest BCUT2D eigenvalue weighted by Crippen LogP contribution is 2.21. The maximum Gasteiger partial charge on any atom is 0.290 e. The van der Waals surface area contributed by atoms with E-state index < -0.39 is 0 Å². The molecule has 0 radical (unpaired) electrons. The molecule has 1 N–H and O–H groups in total. The molecule has 0 saturated heterocycles. The van der Waals surface area contributed by atoms with Gasteiger partial charge in [0.05, 0.1) is 17.1 Å². The highest BCUT2D eigenvalue weighted by atomic mass is 32.1. The van der Waals surface area contributed by atoms with Gasteiger partial charge in [-0.05, 0) is 18.4 Å². The molecule has 3 rings (SSSR count). The average molecular weight is 290 g/mol. The highest BCUT2D eigenvalue weighted by molar-refractivity contribution is 7.13. The van der Waals surface area contributed by atoms with Gasteiger partial charge >= 0.3 is 0 Å². The van der Waals surface area contributed by atoms with Gasteiger partial charge in [-0.25, -0.2) is 0 Å². The van der Waals surface area contributed by atoms with Crippen molar-refractivity contribution in [3.8, 4) is 10.7 Å². The molecule has 0 atom stereocenters. The SMILES string of the molecule is Cc1cc(C(=O)NCc2nc(-c3cccs3)no2)on1. The number of rotatable bonds is 4. The summed E-state index contributed by atoms with van der Waals surface area (Å²) in [5.74, 6) is 0.625. The maximum absolute atomic E-state index is 11.7. The molecular formula is C12H10N4O3S. The summed E-state index contributed by atoms with van der Waals surface area (Å²) < 4.78 is 9.92. The second kappa shape index (κ2) is 5.25. The molecular weight excluding hydrogens is 280 g/mol. The fourth-order valence-electron chi connectivity index (χ4n) is 1.55. The number of aromatic nitrogens is 3. The molecule has 3 aromatic heterocycles. The highest BCUT2D eigenvalue weighted by Gasteiger charge is 2.14. The van der Waals surface area contributed by atoms with Crippen LogP contribution in [-0.4, -0.2) is 21.2 Å². The van der Waals surface area contributed by atoms with E-state index in [0.717, 1.165) is 4.88 Å². The van der Waals surface area contributed by atoms with Gasteiger partial charge < -0.3 is 14.4 Å². The Bertz CT molecular complexity index is 717. The summed E-state index contributed by atoms with van der Waals surface area (Å²) in [7, 11) is 0. The third kappa shape index (κ3) is 2.59. The van der Waals surface area contributed by atoms with Crippen LogP contribution < -0.4 is 5.32 Å². The zero-order chi connectivity index (χ0) is 13.9. The summed E-state index contributed by atoms with van der Waals surface area (Å²) in [4.78, 5) is 16.8. The maximum atomic E-state index is 11.7. The molecule has 3 heterocycles. The van der Waals surface area contributed by atoms with Crippen LogP contribution in [0.1, 0.15) is 22.1 Å². The summed E-state index contributed by atoms with van der Waals surface area (Å²) in [6.45, 7) is 1.88. The van der Waals surface area contributed by atoms with Gasteiger partial charge in [0.1, 0.15) is 0 Å². The average Bonchev–Trinajstić information content (AvgIpc) is 3.16. The van der Waals surface area contributed by atoms with E-state index in [-0.39, 0.29) is 18.2 Å². The van der Waals surface area contributed by atoms with Crippen LogP contribution in [0, 0.1) is 6.92 Å². The van der Waals surface area contributed by atoms with Gasteiger partial charge in [0, 0.05) is 6.07 Å². The van der Waals surface area contributed by atoms with Crippen molar-refractivity contribution in [1.29, 1.82) is 0 Å². The molecule has 1 amide bonds. The Labute approximate surface area is 117 Å². The zero-order valence-electron chi connectivity index (χ0n) is 10.5. The lowest BCUT2D eigenvalue weighted by Gasteiger charge is -1.96. The monoisotopic (exact) mass is 290 g/mol. The minimum Gasteiger partial charge on any atom is -0.351 e. The molecule has 0 aliphatic heterocycles. The van der Waals surface area contributed by atoms with Crippen LogP contribution in [0.15, 0.2) is 32.6 Å². The Kier molecular flexibility index (Phi) is 3.30. The summed E-state index contributed by atoms with van der Waals surface area (Å²) >= 11 is 1.52. The molecule has 3 aromatic rings. The standard InChI is InChI=1S/C12H10N4O3S/c1-7-5-8(18-15-7)12(17)13-6-10-14-11(16-19-10)9-3-2-4-20-9/h2-5H,6H2,1H3,(H,13,17). The van der Waals surface area contributed by atoms with Crippen LogP contribution in [-0.2, 0) is 6.54 Å². The first-order valence-electron chi connectivity index (χ1n) is 5.80. The molecule has 8 heteroatoms. The van der Waals surface area contributed by atoms with Crippen molar-refractivity contribution in [2.75, 3.05) is 0 Å². The Hall–Kier alpha value is -2.48. The van der Waals surface area contributed by atoms with Gasteiger partial charge in [-0.3, -0.25) is 4.79 Å². The quantitative estimate of drug-likeness (QED) is 0.790. The zero-order valence-corrected chi connectivity index (χ0v) is 11.3. The van der Waals surface area contributed by atoms with E-state index >= 15 is 0 Å². The predicted molar refractivity (Wildman–Crippen MR) is 70.0 cm³/mol. The van der Waals surface area contributed by atoms with Crippen LogP contribution in [0.5, 0.6) is 0 Å². The number of hydrogen-bond acceptors (Lipinski definition) is 7. The van der Waals surface area contributed by atoms with Gasteiger partial charge in [0.25, 0.3) is 5.91 Å². The summed E-state index contributed by atoms with van der Waals surface area (Å²) in [6, 6.07) is 5.36. The van der Waals surface area contributed by atoms with E-state index in [4.69, 9.17) is 9.05 Å². The number of nitrogens with zero attached hydrogens (tertiary/aromatic N) is 3. The van der Waals surface area contributed by atoms with Crippen LogP contribution in [0.3, 0.4) is 0 Å². The van der Waals surface area contributed by atoms with E-state index in [1.54, 1.807) is 13.0 Å². The van der Waals surface area contributed by atoms with Gasteiger partial charge in [-0.2, -0.15) is 4.98 Å². The van der Waals surface area contributed by atoms with Crippen molar-refractivity contribution < 1.29 is 13.8 Å². The first-order valence-corrected chi connectivity index (χ1v) is 6.68. The molecule has 0 fully saturated rings. The number of carbonyl (C=O) groups is 1. The first kappa shape index (κ1) is 12.5. The topological polar surface area (TPSA) is 94.1 Å². The molecule has 0 unspecified atom stereocenters. The fraction of sp³-hybridized carbons (Fsp3) is 0.167. The minimum atomic E-state index is -0.374. The third-order valence-electron chi connectivity index (χ3n) is 2.46. The molecule has 102 valence electrons. The van der Waals surface area contributed by atoms with E-state index in [0.29, 0.717) is 17.4 Å². The normalized spacial score (nSPS) is 10.7. The molecule has 0 aliphatic rings. The number of amides is 1. The second-order valence-corrected chi connectivity index (χ2v) is 4.95. The van der Waals surface area contributed by atoms with Crippen LogP contribution in [0.2, 0.25) is 0 Å². The lowest BCUT2D eigenvalue weighted by atomic mass is 10.3. The summed E-state index contributed by atoms with van der Waals surface area (Å²) in [5.41, 5.74) is 0.646. The molecule has 7 nitrogen and oxygen atoms in total. The van der Waals surface area contributed by atoms with Crippen LogP contribution in [0.4, 0.5) is 0 Å². The van der Waals surface area contributed by atoms with Crippen molar-refractivity contribution in [2.45, 2.75) is 13.5 Å². The Morgan fingerprint density at radius 1 is 1.40 bits per heavy atom. The molecule has 0 bridgehead atoms. The lowest BCUT2D eigenvalue weighted by molar-refractivity contribution is 0.0909. The van der Waals surface area contributed by atoms with Crippen molar-refractivity contribution in [3.63, 3.8) is 0 Å². The van der Waals surface area contributed by atoms with E-state index in [1.165, 1.54) is 11.3 Å². The third-order valence-corrected chi connectivity index (χ3v) is 3.33. The van der Waals surface area contributed by atoms with Gasteiger partial charge in [0.15, 0.2) is 0 Å². The Morgan fingerprint density at radius 3 is 3.00 bits per heavy atom. The largest absolute Gasteiger partial charge is 0.351 e. The van der Waals surface area contributed by atoms with Crippen molar-refractivity contribution >= 4 is 17.2 Å². The molecule has 20 heavy (non-hydrogen) atoms. The van der Waals surface area contributed by atoms with Crippen molar-refractivity contribution in [2.24, 2.45) is 0 Å². The molecule has 0 aliphatic carbocycles. The fourth-order valence-corrected chi connectivity index (χ4v) is 2.20. The number of nitrogens with one attached hydrogen (secondary N) is 1. The summed E-state index contributed by atoms with van der Waals surface area (Å²) in [5, 5.41) is 12.0. The summed E-state index contributed by atoms with van der Waals surface area (Å²) in [6.07, 6.45) is 0. The minimum absolute atomic E-state index is 0.136. The van der Waals surface area contributed by atoms with Crippen LogP contribution in [0.25, 0.3) is 10.7 Å². The number of carbonyl (C=O) groups excluding carboxylic acids is 1. The number of hydrogen-bond donors (Lipinski definition) is 1. The molecule has 0 aromatic carbocycles. The van der Waals surface area contributed by atoms with E-state index in [1.807, 2.05) is 17.5 Å². The van der Waals surface area contributed by atoms with Gasteiger partial charge in [0.2, 0.25) is 17.5 Å². The predicted octanol–water partition coefficient (Wildman–Crippen LogP) is 2.02. The van der Waals surface area contributed by atoms with E-state index in [9.17, 15) is 4.79 Å². The number of aryl methyl sites for hydroxylation is 1. The second-order valence-electron chi connectivity index (χ2n) is 4.00. The molecule has 0 spiro atoms. The first-order chi connectivity index (χ1) is 9.72. The Balaban J connectivity index is 1.63. The van der Waals surface area contributed by atoms with Gasteiger partial charge in [-0.1, -0.05) is 16.4 Å². The molecule has 0 saturated carbocycles. The van der Waals surface area contributed by atoms with E-state index in [2.05, 4.69) is 20.6 Å². The number of thiophene rings is 1.